The van der Waals surface area contributed by atoms with E-state index in [2.05, 4.69) is 0 Å². The molecule has 0 unspecified atom stereocenters. The number of hydrogen-bond donors (Lipinski definition) is 1. The minimum Gasteiger partial charge on any atom is -0.408 e. The zero-order chi connectivity index (χ0) is 8.32. The van der Waals surface area contributed by atoms with Crippen LogP contribution in [0.1, 0.15) is 5.56 Å². The van der Waals surface area contributed by atoms with Gasteiger partial charge in [-0.05, 0) is 5.56 Å². The molecule has 60 valence electrons. The normalized spacial score (nSPS) is 11.5. The maximum absolute atomic E-state index is 9.14. The minimum absolute atomic E-state index is 0.386. The molecule has 0 spiro atoms. The Labute approximate surface area is 76.1 Å². The highest BCUT2D eigenvalue weighted by Gasteiger charge is 2.25. The van der Waals surface area contributed by atoms with Gasteiger partial charge in [0, 0.05) is 6.04 Å². The van der Waals surface area contributed by atoms with Gasteiger partial charge in [0.25, 0.3) is 0 Å². The van der Waals surface area contributed by atoms with Gasteiger partial charge in [-0.3, -0.25) is 0 Å². The van der Waals surface area contributed by atoms with E-state index in [4.69, 9.17) is 27.0 Å². The molecule has 0 aliphatic carbocycles. The van der Waals surface area contributed by atoms with Crippen LogP contribution < -0.4 is 0 Å². The van der Waals surface area contributed by atoms with E-state index in [9.17, 15) is 0 Å². The fraction of sp³-hybridized carbons (Fsp3) is 0.143. The fourth-order valence-corrected chi connectivity index (χ4v) is 2.49. The van der Waals surface area contributed by atoms with Crippen molar-refractivity contribution in [1.82, 2.24) is 0 Å². The van der Waals surface area contributed by atoms with E-state index in [-0.39, 0.29) is 0 Å². The summed E-state index contributed by atoms with van der Waals surface area (Å²) in [6.07, 6.45) is 0. The number of halogens is 2. The maximum Gasteiger partial charge on any atom is 0.391 e. The molecule has 1 rings (SSSR count). The molecule has 1 aromatic rings. The smallest absolute Gasteiger partial charge is 0.391 e. The molecule has 11 heavy (non-hydrogen) atoms. The van der Waals surface area contributed by atoms with Crippen molar-refractivity contribution in [2.45, 2.75) is 6.04 Å². The van der Waals surface area contributed by atoms with Crippen LogP contribution in [0.2, 0.25) is 0 Å². The van der Waals surface area contributed by atoms with Crippen molar-refractivity contribution >= 4 is 29.1 Å². The second kappa shape index (κ2) is 3.58. The lowest BCUT2D eigenvalue weighted by Crippen LogP contribution is -2.22. The highest BCUT2D eigenvalue weighted by molar-refractivity contribution is 7.41. The summed E-state index contributed by atoms with van der Waals surface area (Å²) in [5.41, 5.74) is 0.978. The summed E-state index contributed by atoms with van der Waals surface area (Å²) in [4.78, 5) is 9.14. The highest BCUT2D eigenvalue weighted by Crippen LogP contribution is 2.16. The SMILES string of the molecule is O[Si](Cl)(Cl)Cc1ccccc1. The molecule has 0 aromatic heterocycles. The van der Waals surface area contributed by atoms with E-state index in [1.807, 2.05) is 30.3 Å². The summed E-state index contributed by atoms with van der Waals surface area (Å²) < 4.78 is 0. The van der Waals surface area contributed by atoms with Crippen molar-refractivity contribution in [2.75, 3.05) is 0 Å². The maximum atomic E-state index is 9.14. The van der Waals surface area contributed by atoms with Crippen LogP contribution in [-0.2, 0) is 6.04 Å². The van der Waals surface area contributed by atoms with Crippen LogP contribution in [0.5, 0.6) is 0 Å². The zero-order valence-electron chi connectivity index (χ0n) is 5.80. The Morgan fingerprint density at radius 3 is 2.18 bits per heavy atom. The molecule has 1 N–H and O–H groups in total. The lowest BCUT2D eigenvalue weighted by molar-refractivity contribution is 0.582. The standard InChI is InChI=1S/C7H8Cl2OSi/c8-11(9,10)6-7-4-2-1-3-5-7/h1-5,10H,6H2. The summed E-state index contributed by atoms with van der Waals surface area (Å²) in [6.45, 7) is -2.95. The molecule has 0 atom stereocenters. The van der Waals surface area contributed by atoms with Gasteiger partial charge in [-0.2, -0.15) is 0 Å². The van der Waals surface area contributed by atoms with Crippen LogP contribution in [0.4, 0.5) is 0 Å². The summed E-state index contributed by atoms with van der Waals surface area (Å²) in [6, 6.07) is 9.86. The Balaban J connectivity index is 2.66. The van der Waals surface area contributed by atoms with Crippen molar-refractivity contribution in [2.24, 2.45) is 0 Å². The molecule has 0 aliphatic heterocycles. The van der Waals surface area contributed by atoms with Crippen molar-refractivity contribution in [3.8, 4) is 0 Å². The van der Waals surface area contributed by atoms with Crippen LogP contribution >= 0.6 is 22.2 Å². The lowest BCUT2D eigenvalue weighted by Gasteiger charge is -2.06. The third-order valence-corrected chi connectivity index (χ3v) is 2.90. The average Bonchev–Trinajstić information content (AvgIpc) is 1.85. The van der Waals surface area contributed by atoms with E-state index >= 15 is 0 Å². The fourth-order valence-electron chi connectivity index (χ4n) is 0.841. The summed E-state index contributed by atoms with van der Waals surface area (Å²) in [5.74, 6) is 0. The summed E-state index contributed by atoms with van der Waals surface area (Å²) in [7, 11) is 0. The van der Waals surface area contributed by atoms with Gasteiger partial charge in [-0.15, -0.1) is 22.2 Å². The molecule has 0 radical (unpaired) electrons. The lowest BCUT2D eigenvalue weighted by atomic mass is 10.2. The zero-order valence-corrected chi connectivity index (χ0v) is 8.31. The second-order valence-corrected chi connectivity index (χ2v) is 8.35. The van der Waals surface area contributed by atoms with E-state index in [0.717, 1.165) is 5.56 Å². The topological polar surface area (TPSA) is 20.2 Å². The second-order valence-electron chi connectivity index (χ2n) is 2.33. The van der Waals surface area contributed by atoms with Crippen LogP contribution in [0.3, 0.4) is 0 Å². The minimum atomic E-state index is -2.95. The molecule has 0 heterocycles. The molecular formula is C7H8Cl2OSi. The first-order valence-corrected chi connectivity index (χ1v) is 7.40. The van der Waals surface area contributed by atoms with E-state index < -0.39 is 6.94 Å². The third-order valence-electron chi connectivity index (χ3n) is 1.26. The summed E-state index contributed by atoms with van der Waals surface area (Å²) >= 11 is 11.1. The molecule has 1 aromatic carbocycles. The first kappa shape index (κ1) is 9.07. The van der Waals surface area contributed by atoms with E-state index in [1.54, 1.807) is 0 Å². The molecule has 1 nitrogen and oxygen atoms in total. The molecular weight excluding hydrogens is 199 g/mol. The largest absolute Gasteiger partial charge is 0.408 e. The summed E-state index contributed by atoms with van der Waals surface area (Å²) in [5, 5.41) is 0. The Morgan fingerprint density at radius 1 is 1.18 bits per heavy atom. The quantitative estimate of drug-likeness (QED) is 0.582. The molecule has 0 fully saturated rings. The number of hydrogen-bond acceptors (Lipinski definition) is 1. The van der Waals surface area contributed by atoms with Crippen molar-refractivity contribution in [3.05, 3.63) is 35.9 Å². The van der Waals surface area contributed by atoms with Gasteiger partial charge in [0.1, 0.15) is 0 Å². The average molecular weight is 207 g/mol. The molecule has 0 aliphatic rings. The van der Waals surface area contributed by atoms with Gasteiger partial charge in [0.15, 0.2) is 0 Å². The van der Waals surface area contributed by atoms with Crippen molar-refractivity contribution < 1.29 is 4.80 Å². The Bertz CT molecular complexity index is 220. The van der Waals surface area contributed by atoms with Crippen LogP contribution in [-0.4, -0.2) is 11.7 Å². The Kier molecular flexibility index (Phi) is 2.95. The van der Waals surface area contributed by atoms with Crippen LogP contribution in [0.25, 0.3) is 0 Å². The molecule has 4 heteroatoms. The van der Waals surface area contributed by atoms with Crippen molar-refractivity contribution in [1.29, 1.82) is 0 Å². The van der Waals surface area contributed by atoms with Crippen LogP contribution in [0.15, 0.2) is 30.3 Å². The monoisotopic (exact) mass is 206 g/mol. The molecule has 0 saturated carbocycles. The predicted molar refractivity (Wildman–Crippen MR) is 49.8 cm³/mol. The number of benzene rings is 1. The Morgan fingerprint density at radius 2 is 1.73 bits per heavy atom. The van der Waals surface area contributed by atoms with Gasteiger partial charge in [-0.25, -0.2) is 0 Å². The molecule has 0 amide bonds. The van der Waals surface area contributed by atoms with Crippen LogP contribution in [0, 0.1) is 0 Å². The first-order chi connectivity index (χ1) is 5.08. The highest BCUT2D eigenvalue weighted by atomic mass is 35.7. The van der Waals surface area contributed by atoms with Gasteiger partial charge < -0.3 is 4.80 Å². The van der Waals surface area contributed by atoms with Gasteiger partial charge in [0.05, 0.1) is 0 Å². The van der Waals surface area contributed by atoms with Gasteiger partial charge in [-0.1, -0.05) is 30.3 Å². The molecule has 0 bridgehead atoms. The number of rotatable bonds is 2. The van der Waals surface area contributed by atoms with E-state index in [0.29, 0.717) is 6.04 Å². The Hall–Kier alpha value is -0.0231. The third kappa shape index (κ3) is 3.77. The van der Waals surface area contributed by atoms with E-state index in [1.165, 1.54) is 0 Å². The van der Waals surface area contributed by atoms with Crippen molar-refractivity contribution in [3.63, 3.8) is 0 Å². The van der Waals surface area contributed by atoms with Gasteiger partial charge in [0.2, 0.25) is 0 Å². The predicted octanol–water partition coefficient (Wildman–Crippen LogP) is 2.18. The molecule has 0 saturated heterocycles. The first-order valence-electron chi connectivity index (χ1n) is 3.22. The van der Waals surface area contributed by atoms with Gasteiger partial charge >= 0.3 is 6.94 Å².